The zero-order valence-electron chi connectivity index (χ0n) is 14.9. The van der Waals surface area contributed by atoms with E-state index in [0.29, 0.717) is 28.4 Å². The van der Waals surface area contributed by atoms with Gasteiger partial charge in [0.25, 0.3) is 0 Å². The molecule has 0 unspecified atom stereocenters. The van der Waals surface area contributed by atoms with Crippen LogP contribution in [0.5, 0.6) is 17.2 Å². The summed E-state index contributed by atoms with van der Waals surface area (Å²) in [5.74, 6) is 3.39. The van der Waals surface area contributed by atoms with Crippen LogP contribution in [-0.2, 0) is 0 Å². The van der Waals surface area contributed by atoms with Crippen molar-refractivity contribution in [3.8, 4) is 17.2 Å². The van der Waals surface area contributed by atoms with Gasteiger partial charge in [0.1, 0.15) is 0 Å². The number of ether oxygens (including phenoxy) is 3. The van der Waals surface area contributed by atoms with Crippen LogP contribution in [-0.4, -0.2) is 38.7 Å². The Labute approximate surface area is 153 Å². The van der Waals surface area contributed by atoms with E-state index in [0.717, 1.165) is 17.4 Å². The Hall–Kier alpha value is -2.02. The molecular weight excluding hydrogens is 338 g/mol. The summed E-state index contributed by atoms with van der Waals surface area (Å²) < 4.78 is 16.0. The Balaban J connectivity index is 1.59. The SMILES string of the molecule is COc1cc(/C=N\NC(=S)N[C@@H]2C[C@@H]3CC[C@@H]2C3)cc(OC)c1OC. The molecule has 0 aliphatic heterocycles. The number of benzene rings is 1. The van der Waals surface area contributed by atoms with Crippen molar-refractivity contribution in [3.05, 3.63) is 17.7 Å². The molecule has 0 spiro atoms. The number of nitrogens with one attached hydrogen (secondary N) is 2. The minimum atomic E-state index is 0.495. The first kappa shape index (κ1) is 17.8. The molecule has 0 aromatic heterocycles. The van der Waals surface area contributed by atoms with Crippen molar-refractivity contribution in [3.63, 3.8) is 0 Å². The number of hydrogen-bond acceptors (Lipinski definition) is 5. The normalized spacial score (nSPS) is 24.4. The van der Waals surface area contributed by atoms with Crippen molar-refractivity contribution in [2.45, 2.75) is 31.7 Å². The lowest BCUT2D eigenvalue weighted by Crippen LogP contribution is -2.42. The van der Waals surface area contributed by atoms with E-state index >= 15 is 0 Å². The lowest BCUT2D eigenvalue weighted by molar-refractivity contribution is 0.324. The number of hydrazone groups is 1. The lowest BCUT2D eigenvalue weighted by Gasteiger charge is -2.23. The molecule has 7 heteroatoms. The highest BCUT2D eigenvalue weighted by Gasteiger charge is 2.39. The van der Waals surface area contributed by atoms with Gasteiger partial charge in [-0.1, -0.05) is 6.42 Å². The highest BCUT2D eigenvalue weighted by atomic mass is 32.1. The topological polar surface area (TPSA) is 64.1 Å². The molecule has 6 nitrogen and oxygen atoms in total. The Morgan fingerprint density at radius 3 is 2.36 bits per heavy atom. The van der Waals surface area contributed by atoms with Crippen LogP contribution in [0.15, 0.2) is 17.2 Å². The molecule has 0 heterocycles. The van der Waals surface area contributed by atoms with Gasteiger partial charge in [0.2, 0.25) is 5.75 Å². The summed E-state index contributed by atoms with van der Waals surface area (Å²) in [6.45, 7) is 0. The number of methoxy groups -OCH3 is 3. The molecule has 2 fully saturated rings. The molecule has 136 valence electrons. The van der Waals surface area contributed by atoms with Crippen LogP contribution < -0.4 is 25.0 Å². The summed E-state index contributed by atoms with van der Waals surface area (Å²) in [6.07, 6.45) is 6.94. The maximum atomic E-state index is 5.35. The van der Waals surface area contributed by atoms with Gasteiger partial charge in [0, 0.05) is 11.6 Å². The van der Waals surface area contributed by atoms with Crippen molar-refractivity contribution in [1.82, 2.24) is 10.7 Å². The number of rotatable bonds is 6. The van der Waals surface area contributed by atoms with E-state index in [9.17, 15) is 0 Å². The monoisotopic (exact) mass is 363 g/mol. The quantitative estimate of drug-likeness (QED) is 0.460. The first-order chi connectivity index (χ1) is 12.1. The minimum Gasteiger partial charge on any atom is -0.493 e. The van der Waals surface area contributed by atoms with E-state index in [-0.39, 0.29) is 0 Å². The highest BCUT2D eigenvalue weighted by molar-refractivity contribution is 7.80. The molecular formula is C18H25N3O3S. The smallest absolute Gasteiger partial charge is 0.203 e. The van der Waals surface area contributed by atoms with Crippen LogP contribution in [0.3, 0.4) is 0 Å². The lowest BCUT2D eigenvalue weighted by atomic mass is 9.96. The molecule has 2 aliphatic carbocycles. The molecule has 2 saturated carbocycles. The van der Waals surface area contributed by atoms with E-state index in [4.69, 9.17) is 26.4 Å². The molecule has 2 aliphatic rings. The Morgan fingerprint density at radius 2 is 1.84 bits per heavy atom. The number of fused-ring (bicyclic) bond motifs is 2. The van der Waals surface area contributed by atoms with E-state index in [1.807, 2.05) is 12.1 Å². The summed E-state index contributed by atoms with van der Waals surface area (Å²) in [5.41, 5.74) is 3.72. The maximum absolute atomic E-state index is 5.35. The van der Waals surface area contributed by atoms with Crippen molar-refractivity contribution in [1.29, 1.82) is 0 Å². The van der Waals surface area contributed by atoms with Gasteiger partial charge in [-0.15, -0.1) is 0 Å². The van der Waals surface area contributed by atoms with Crippen LogP contribution in [0.4, 0.5) is 0 Å². The summed E-state index contributed by atoms with van der Waals surface area (Å²) in [7, 11) is 4.76. The van der Waals surface area contributed by atoms with Gasteiger partial charge in [-0.25, -0.2) is 0 Å². The van der Waals surface area contributed by atoms with E-state index in [1.165, 1.54) is 25.7 Å². The predicted octanol–water partition coefficient (Wildman–Crippen LogP) is 2.70. The number of hydrogen-bond donors (Lipinski definition) is 2. The van der Waals surface area contributed by atoms with Gasteiger partial charge < -0.3 is 19.5 Å². The average molecular weight is 363 g/mol. The van der Waals surface area contributed by atoms with Crippen molar-refractivity contribution >= 4 is 23.5 Å². The van der Waals surface area contributed by atoms with Crippen LogP contribution in [0.2, 0.25) is 0 Å². The second-order valence-electron chi connectivity index (χ2n) is 6.58. The second-order valence-corrected chi connectivity index (χ2v) is 6.99. The molecule has 2 N–H and O–H groups in total. The van der Waals surface area contributed by atoms with Crippen LogP contribution in [0.25, 0.3) is 0 Å². The number of thiocarbonyl (C=S) groups is 1. The van der Waals surface area contributed by atoms with Crippen LogP contribution in [0, 0.1) is 11.8 Å². The van der Waals surface area contributed by atoms with Crippen molar-refractivity contribution < 1.29 is 14.2 Å². The molecule has 0 amide bonds. The summed E-state index contributed by atoms with van der Waals surface area (Å²) >= 11 is 5.35. The fraction of sp³-hybridized carbons (Fsp3) is 0.556. The average Bonchev–Trinajstić information content (AvgIpc) is 3.23. The molecule has 3 atom stereocenters. The first-order valence-corrected chi connectivity index (χ1v) is 8.95. The van der Waals surface area contributed by atoms with E-state index < -0.39 is 0 Å². The zero-order valence-corrected chi connectivity index (χ0v) is 15.7. The van der Waals surface area contributed by atoms with Gasteiger partial charge >= 0.3 is 0 Å². The molecule has 1 aromatic carbocycles. The third-order valence-corrected chi connectivity index (χ3v) is 5.33. The molecule has 1 aromatic rings. The third kappa shape index (κ3) is 3.98. The maximum Gasteiger partial charge on any atom is 0.203 e. The van der Waals surface area contributed by atoms with E-state index in [1.54, 1.807) is 27.5 Å². The number of nitrogens with zero attached hydrogens (tertiary/aromatic N) is 1. The van der Waals surface area contributed by atoms with Gasteiger partial charge in [0.15, 0.2) is 16.6 Å². The first-order valence-electron chi connectivity index (χ1n) is 8.54. The second kappa shape index (κ2) is 7.91. The molecule has 25 heavy (non-hydrogen) atoms. The van der Waals surface area contributed by atoms with Gasteiger partial charge in [-0.2, -0.15) is 5.10 Å². The fourth-order valence-electron chi connectivity index (χ4n) is 3.96. The third-order valence-electron chi connectivity index (χ3n) is 5.12. The summed E-state index contributed by atoms with van der Waals surface area (Å²) in [6, 6.07) is 4.16. The van der Waals surface area contributed by atoms with Crippen LogP contribution in [0.1, 0.15) is 31.2 Å². The van der Waals surface area contributed by atoms with Gasteiger partial charge in [0.05, 0.1) is 27.5 Å². The van der Waals surface area contributed by atoms with Crippen molar-refractivity contribution in [2.75, 3.05) is 21.3 Å². The predicted molar refractivity (Wildman–Crippen MR) is 102 cm³/mol. The molecule has 0 radical (unpaired) electrons. The molecule has 0 saturated heterocycles. The van der Waals surface area contributed by atoms with Crippen molar-refractivity contribution in [2.24, 2.45) is 16.9 Å². The largest absolute Gasteiger partial charge is 0.493 e. The zero-order chi connectivity index (χ0) is 17.8. The standard InChI is InChI=1S/C18H25N3O3S/c1-22-15-8-12(9-16(23-2)17(15)24-3)10-19-21-18(25)20-14-7-11-4-5-13(14)6-11/h8-11,13-14H,4-7H2,1-3H3,(H2,20,21,25)/b19-10-/t11-,13-,14-/m1/s1. The van der Waals surface area contributed by atoms with Gasteiger partial charge in [-0.3, -0.25) is 5.43 Å². The minimum absolute atomic E-state index is 0.495. The molecule has 2 bridgehead atoms. The summed E-state index contributed by atoms with van der Waals surface area (Å²) in [4.78, 5) is 0. The van der Waals surface area contributed by atoms with E-state index in [2.05, 4.69) is 15.8 Å². The van der Waals surface area contributed by atoms with Crippen LogP contribution >= 0.6 is 12.2 Å². The Morgan fingerprint density at radius 1 is 1.12 bits per heavy atom. The summed E-state index contributed by atoms with van der Waals surface area (Å²) in [5, 5.41) is 8.19. The highest BCUT2D eigenvalue weighted by Crippen LogP contribution is 2.44. The Bertz CT molecular complexity index is 640. The Kier molecular flexibility index (Phi) is 5.63. The van der Waals surface area contributed by atoms with Gasteiger partial charge in [-0.05, 0) is 55.4 Å². The molecule has 3 rings (SSSR count). The fourth-order valence-corrected chi connectivity index (χ4v) is 4.17.